The summed E-state index contributed by atoms with van der Waals surface area (Å²) in [6, 6.07) is 6.80. The van der Waals surface area contributed by atoms with Crippen molar-refractivity contribution >= 4 is 23.4 Å². The third-order valence-electron chi connectivity index (χ3n) is 4.62. The molecule has 1 aromatic carbocycles. The summed E-state index contributed by atoms with van der Waals surface area (Å²) >= 11 is 0. The monoisotopic (exact) mass is 408 g/mol. The zero-order chi connectivity index (χ0) is 21.0. The molecule has 2 heterocycles. The summed E-state index contributed by atoms with van der Waals surface area (Å²) in [6.45, 7) is 2.46. The Balaban J connectivity index is 1.55. The third-order valence-corrected chi connectivity index (χ3v) is 4.62. The van der Waals surface area contributed by atoms with Crippen LogP contribution in [0, 0.1) is 0 Å². The van der Waals surface area contributed by atoms with Gasteiger partial charge in [0.05, 0.1) is 17.8 Å². The molecule has 1 aromatic heterocycles. The molecule has 0 bridgehead atoms. The Morgan fingerprint density at radius 1 is 1.14 bits per heavy atom. The molecule has 10 heteroatoms. The average Bonchev–Trinajstić information content (AvgIpc) is 2.68. The molecule has 1 amide bonds. The fourth-order valence-corrected chi connectivity index (χ4v) is 3.08. The van der Waals surface area contributed by atoms with Gasteiger partial charge < -0.3 is 15.1 Å². The number of hydrogen-bond acceptors (Lipinski definition) is 6. The Bertz CT molecular complexity index is 850. The van der Waals surface area contributed by atoms with Gasteiger partial charge in [-0.25, -0.2) is 4.98 Å². The van der Waals surface area contributed by atoms with E-state index in [1.165, 1.54) is 18.2 Å². The van der Waals surface area contributed by atoms with Gasteiger partial charge in [-0.2, -0.15) is 18.2 Å². The van der Waals surface area contributed by atoms with Crippen molar-refractivity contribution in [1.82, 2.24) is 14.9 Å². The summed E-state index contributed by atoms with van der Waals surface area (Å²) in [5, 5.41) is 2.38. The van der Waals surface area contributed by atoms with E-state index in [0.29, 0.717) is 32.1 Å². The lowest BCUT2D eigenvalue weighted by Crippen LogP contribution is -2.49. The molecule has 0 aliphatic carbocycles. The highest BCUT2D eigenvalue weighted by atomic mass is 19.4. The molecule has 0 unspecified atom stereocenters. The first-order valence-corrected chi connectivity index (χ1v) is 9.18. The van der Waals surface area contributed by atoms with Crippen LogP contribution < -0.4 is 15.1 Å². The zero-order valence-electron chi connectivity index (χ0n) is 16.3. The van der Waals surface area contributed by atoms with Crippen molar-refractivity contribution in [1.29, 1.82) is 0 Å². The molecule has 7 nitrogen and oxygen atoms in total. The van der Waals surface area contributed by atoms with E-state index < -0.39 is 17.6 Å². The Morgan fingerprint density at radius 3 is 2.48 bits per heavy atom. The van der Waals surface area contributed by atoms with Gasteiger partial charge in [0.2, 0.25) is 11.9 Å². The number of amides is 1. The largest absolute Gasteiger partial charge is 0.418 e. The van der Waals surface area contributed by atoms with E-state index in [1.54, 1.807) is 6.20 Å². The minimum atomic E-state index is -4.52. The molecule has 1 N–H and O–H groups in total. The van der Waals surface area contributed by atoms with Gasteiger partial charge in [-0.1, -0.05) is 12.1 Å². The lowest BCUT2D eigenvalue weighted by Gasteiger charge is -2.34. The van der Waals surface area contributed by atoms with E-state index in [4.69, 9.17) is 0 Å². The second-order valence-electron chi connectivity index (χ2n) is 6.96. The molecule has 1 saturated heterocycles. The quantitative estimate of drug-likeness (QED) is 0.819. The summed E-state index contributed by atoms with van der Waals surface area (Å²) in [7, 11) is 3.80. The molecule has 0 atom stereocenters. The van der Waals surface area contributed by atoms with Crippen molar-refractivity contribution in [2.75, 3.05) is 61.9 Å². The molecule has 2 aromatic rings. The Morgan fingerprint density at radius 2 is 1.83 bits per heavy atom. The SMILES string of the molecule is CN(C)c1ccnc(N2CCN(CC(=O)Nc3ccccc3C(F)(F)F)CC2)n1. The number of para-hydroxylation sites is 1. The first-order chi connectivity index (χ1) is 13.7. The molecule has 1 aliphatic rings. The van der Waals surface area contributed by atoms with Crippen molar-refractivity contribution < 1.29 is 18.0 Å². The molecule has 156 valence electrons. The van der Waals surface area contributed by atoms with Gasteiger partial charge in [0.15, 0.2) is 0 Å². The number of carbonyl (C=O) groups is 1. The maximum atomic E-state index is 13.1. The number of nitrogens with one attached hydrogen (secondary N) is 1. The molecule has 0 saturated carbocycles. The number of carbonyl (C=O) groups excluding carboxylic acids is 1. The van der Waals surface area contributed by atoms with Crippen molar-refractivity contribution in [3.05, 3.63) is 42.1 Å². The van der Waals surface area contributed by atoms with Crippen LogP contribution in [0.5, 0.6) is 0 Å². The number of halogens is 3. The fraction of sp³-hybridized carbons (Fsp3) is 0.421. The van der Waals surface area contributed by atoms with Crippen LogP contribution in [0.15, 0.2) is 36.5 Å². The summed E-state index contributed by atoms with van der Waals surface area (Å²) in [5.41, 5.74) is -1.08. The van der Waals surface area contributed by atoms with E-state index >= 15 is 0 Å². The molecule has 29 heavy (non-hydrogen) atoms. The fourth-order valence-electron chi connectivity index (χ4n) is 3.08. The molecule has 1 fully saturated rings. The van der Waals surface area contributed by atoms with Crippen LogP contribution in [0.1, 0.15) is 5.56 Å². The van der Waals surface area contributed by atoms with E-state index in [2.05, 4.69) is 15.3 Å². The number of piperazine rings is 1. The smallest absolute Gasteiger partial charge is 0.363 e. The lowest BCUT2D eigenvalue weighted by molar-refractivity contribution is -0.137. The van der Waals surface area contributed by atoms with Gasteiger partial charge in [-0.05, 0) is 18.2 Å². The van der Waals surface area contributed by atoms with Gasteiger partial charge in [-0.15, -0.1) is 0 Å². The van der Waals surface area contributed by atoms with E-state index in [-0.39, 0.29) is 12.2 Å². The van der Waals surface area contributed by atoms with E-state index in [9.17, 15) is 18.0 Å². The number of anilines is 3. The van der Waals surface area contributed by atoms with Gasteiger partial charge in [-0.3, -0.25) is 9.69 Å². The van der Waals surface area contributed by atoms with Crippen molar-refractivity contribution in [3.8, 4) is 0 Å². The van der Waals surface area contributed by atoms with Gasteiger partial charge in [0.1, 0.15) is 5.82 Å². The summed E-state index contributed by atoms with van der Waals surface area (Å²) < 4.78 is 39.2. The molecule has 1 aliphatic heterocycles. The van der Waals surface area contributed by atoms with Gasteiger partial charge in [0, 0.05) is 46.5 Å². The maximum absolute atomic E-state index is 13.1. The van der Waals surface area contributed by atoms with Crippen LogP contribution in [-0.4, -0.2) is 67.6 Å². The number of rotatable bonds is 5. The number of benzene rings is 1. The standard InChI is InChI=1S/C19H23F3N6O/c1-26(2)16-7-8-23-18(25-16)28-11-9-27(10-12-28)13-17(29)24-15-6-4-3-5-14(15)19(20,21)22/h3-8H,9-13H2,1-2H3,(H,24,29). The highest BCUT2D eigenvalue weighted by Crippen LogP contribution is 2.34. The Labute approximate surface area is 167 Å². The minimum absolute atomic E-state index is 0.0264. The maximum Gasteiger partial charge on any atom is 0.418 e. The summed E-state index contributed by atoms with van der Waals surface area (Å²) in [6.07, 6.45) is -2.81. The predicted molar refractivity (Wildman–Crippen MR) is 105 cm³/mol. The molecule has 3 rings (SSSR count). The molecule has 0 radical (unpaired) electrons. The highest BCUT2D eigenvalue weighted by molar-refractivity contribution is 5.93. The molecular formula is C19H23F3N6O. The topological polar surface area (TPSA) is 64.6 Å². The Hall–Kier alpha value is -2.88. The van der Waals surface area contributed by atoms with Crippen LogP contribution in [0.25, 0.3) is 0 Å². The Kier molecular flexibility index (Phi) is 6.21. The number of nitrogens with zero attached hydrogens (tertiary/aromatic N) is 5. The third kappa shape index (κ3) is 5.35. The zero-order valence-corrected chi connectivity index (χ0v) is 16.3. The van der Waals surface area contributed by atoms with Crippen LogP contribution in [0.2, 0.25) is 0 Å². The average molecular weight is 408 g/mol. The second-order valence-corrected chi connectivity index (χ2v) is 6.96. The van der Waals surface area contributed by atoms with Crippen molar-refractivity contribution in [2.45, 2.75) is 6.18 Å². The highest BCUT2D eigenvalue weighted by Gasteiger charge is 2.33. The summed E-state index contributed by atoms with van der Waals surface area (Å²) in [5.74, 6) is 0.959. The normalized spacial score (nSPS) is 15.3. The summed E-state index contributed by atoms with van der Waals surface area (Å²) in [4.78, 5) is 26.9. The van der Waals surface area contributed by atoms with Crippen LogP contribution in [0.4, 0.5) is 30.6 Å². The molecular weight excluding hydrogens is 385 g/mol. The van der Waals surface area contributed by atoms with Crippen LogP contribution in [-0.2, 0) is 11.0 Å². The first-order valence-electron chi connectivity index (χ1n) is 9.18. The van der Waals surface area contributed by atoms with Gasteiger partial charge >= 0.3 is 6.18 Å². The number of aromatic nitrogens is 2. The van der Waals surface area contributed by atoms with E-state index in [1.807, 2.05) is 34.9 Å². The van der Waals surface area contributed by atoms with Crippen LogP contribution in [0.3, 0.4) is 0 Å². The number of hydrogen-bond donors (Lipinski definition) is 1. The number of alkyl halides is 3. The second kappa shape index (κ2) is 8.64. The minimum Gasteiger partial charge on any atom is -0.363 e. The predicted octanol–water partition coefficient (Wildman–Crippen LogP) is 2.32. The lowest BCUT2D eigenvalue weighted by atomic mass is 10.1. The molecule has 0 spiro atoms. The van der Waals surface area contributed by atoms with Crippen molar-refractivity contribution in [2.24, 2.45) is 0 Å². The van der Waals surface area contributed by atoms with Crippen molar-refractivity contribution in [3.63, 3.8) is 0 Å². The van der Waals surface area contributed by atoms with Gasteiger partial charge in [0.25, 0.3) is 0 Å². The first kappa shape index (κ1) is 20.8. The van der Waals surface area contributed by atoms with E-state index in [0.717, 1.165) is 11.9 Å². The van der Waals surface area contributed by atoms with Crippen LogP contribution >= 0.6 is 0 Å².